The van der Waals surface area contributed by atoms with E-state index in [1.54, 1.807) is 12.1 Å². The van der Waals surface area contributed by atoms with E-state index in [-0.39, 0.29) is 15.6 Å². The lowest BCUT2D eigenvalue weighted by molar-refractivity contribution is 0.0474. The molecule has 0 unspecified atom stereocenters. The molecule has 0 spiro atoms. The van der Waals surface area contributed by atoms with Crippen LogP contribution in [0.4, 0.5) is 4.39 Å². The molecular formula is C17H11Cl2FO5. The standard InChI is InChI=1S/C17H11Cl2FO5/c18-11-7-12(19)13(20)6-10(11)17(22)25-8-14(21)9-1-2-15-16(5-9)24-4-3-23-15/h1-2,5-7H,3-4,8H2. The zero-order valence-corrected chi connectivity index (χ0v) is 14.2. The summed E-state index contributed by atoms with van der Waals surface area (Å²) < 4.78 is 29.1. The van der Waals surface area contributed by atoms with Gasteiger partial charge in [-0.15, -0.1) is 0 Å². The molecule has 0 saturated heterocycles. The van der Waals surface area contributed by atoms with Crippen LogP contribution in [0.5, 0.6) is 11.5 Å². The van der Waals surface area contributed by atoms with Gasteiger partial charge in [0.15, 0.2) is 23.9 Å². The predicted molar refractivity (Wildman–Crippen MR) is 88.5 cm³/mol. The van der Waals surface area contributed by atoms with Crippen LogP contribution >= 0.6 is 23.2 Å². The Bertz CT molecular complexity index is 853. The van der Waals surface area contributed by atoms with E-state index in [0.717, 1.165) is 12.1 Å². The van der Waals surface area contributed by atoms with Crippen molar-refractivity contribution in [3.63, 3.8) is 0 Å². The molecule has 0 fully saturated rings. The number of Topliss-reactive ketones (excluding diaryl/α,β-unsaturated/α-hetero) is 1. The molecule has 1 aliphatic rings. The van der Waals surface area contributed by atoms with Crippen LogP contribution in [0.2, 0.25) is 10.0 Å². The number of fused-ring (bicyclic) bond motifs is 1. The highest BCUT2D eigenvalue weighted by molar-refractivity contribution is 6.36. The lowest BCUT2D eigenvalue weighted by Crippen LogP contribution is -2.17. The summed E-state index contributed by atoms with van der Waals surface area (Å²) in [7, 11) is 0. The second kappa shape index (κ2) is 7.29. The first-order valence-corrected chi connectivity index (χ1v) is 7.96. The Morgan fingerprint density at radius 3 is 2.52 bits per heavy atom. The van der Waals surface area contributed by atoms with Gasteiger partial charge < -0.3 is 14.2 Å². The second-order valence-electron chi connectivity index (χ2n) is 5.10. The van der Waals surface area contributed by atoms with E-state index >= 15 is 0 Å². The molecule has 130 valence electrons. The van der Waals surface area contributed by atoms with Gasteiger partial charge in [0.25, 0.3) is 0 Å². The molecule has 0 amide bonds. The first kappa shape index (κ1) is 17.5. The van der Waals surface area contributed by atoms with Crippen LogP contribution in [0, 0.1) is 5.82 Å². The summed E-state index contributed by atoms with van der Waals surface area (Å²) in [5, 5.41) is -0.280. The molecule has 2 aromatic carbocycles. The number of hydrogen-bond donors (Lipinski definition) is 0. The van der Waals surface area contributed by atoms with Crippen LogP contribution in [-0.2, 0) is 4.74 Å². The van der Waals surface area contributed by atoms with Gasteiger partial charge in [-0.2, -0.15) is 0 Å². The Labute approximate surface area is 152 Å². The molecule has 0 radical (unpaired) electrons. The zero-order chi connectivity index (χ0) is 18.0. The maximum Gasteiger partial charge on any atom is 0.340 e. The quantitative estimate of drug-likeness (QED) is 0.453. The third-order valence-electron chi connectivity index (χ3n) is 3.43. The average molecular weight is 385 g/mol. The van der Waals surface area contributed by atoms with Crippen LogP contribution in [-0.4, -0.2) is 31.6 Å². The van der Waals surface area contributed by atoms with E-state index < -0.39 is 24.2 Å². The van der Waals surface area contributed by atoms with Crippen molar-refractivity contribution in [3.8, 4) is 11.5 Å². The van der Waals surface area contributed by atoms with E-state index in [1.807, 2.05) is 0 Å². The summed E-state index contributed by atoms with van der Waals surface area (Å²) in [5.41, 5.74) is 0.0870. The number of benzene rings is 2. The minimum Gasteiger partial charge on any atom is -0.486 e. The van der Waals surface area contributed by atoms with Crippen LogP contribution in [0.25, 0.3) is 0 Å². The first-order valence-electron chi connectivity index (χ1n) is 7.20. The summed E-state index contributed by atoms with van der Waals surface area (Å²) in [4.78, 5) is 24.2. The van der Waals surface area contributed by atoms with Crippen LogP contribution in [0.15, 0.2) is 30.3 Å². The normalized spacial score (nSPS) is 12.6. The van der Waals surface area contributed by atoms with Gasteiger partial charge in [0.05, 0.1) is 15.6 Å². The fraction of sp³-hybridized carbons (Fsp3) is 0.176. The molecule has 8 heteroatoms. The number of rotatable bonds is 4. The fourth-order valence-corrected chi connectivity index (χ4v) is 2.65. The number of carbonyl (C=O) groups excluding carboxylic acids is 2. The summed E-state index contributed by atoms with van der Waals surface area (Å²) in [6.45, 7) is 0.301. The van der Waals surface area contributed by atoms with Crippen LogP contribution in [0.3, 0.4) is 0 Å². The second-order valence-corrected chi connectivity index (χ2v) is 5.92. The third-order valence-corrected chi connectivity index (χ3v) is 4.03. The van der Waals surface area contributed by atoms with Gasteiger partial charge in [0.1, 0.15) is 19.0 Å². The molecule has 0 saturated carbocycles. The Morgan fingerprint density at radius 2 is 1.76 bits per heavy atom. The largest absolute Gasteiger partial charge is 0.486 e. The summed E-state index contributed by atoms with van der Waals surface area (Å²) >= 11 is 11.4. The topological polar surface area (TPSA) is 61.8 Å². The minimum absolute atomic E-state index is 0.0665. The Morgan fingerprint density at radius 1 is 1.04 bits per heavy atom. The van der Waals surface area contributed by atoms with Gasteiger partial charge in [0, 0.05) is 5.56 Å². The molecule has 25 heavy (non-hydrogen) atoms. The van der Waals surface area contributed by atoms with Gasteiger partial charge >= 0.3 is 5.97 Å². The van der Waals surface area contributed by atoms with Crippen molar-refractivity contribution < 1.29 is 28.2 Å². The highest BCUT2D eigenvalue weighted by atomic mass is 35.5. The summed E-state index contributed by atoms with van der Waals surface area (Å²) in [6, 6.07) is 6.62. The van der Waals surface area contributed by atoms with Crippen LogP contribution in [0.1, 0.15) is 20.7 Å². The maximum absolute atomic E-state index is 13.5. The van der Waals surface area contributed by atoms with Gasteiger partial charge in [-0.3, -0.25) is 4.79 Å². The highest BCUT2D eigenvalue weighted by Gasteiger charge is 2.19. The number of carbonyl (C=O) groups is 2. The van der Waals surface area contributed by atoms with Crippen molar-refractivity contribution in [2.75, 3.05) is 19.8 Å². The van der Waals surface area contributed by atoms with Gasteiger partial charge in [0.2, 0.25) is 0 Å². The van der Waals surface area contributed by atoms with E-state index in [2.05, 4.69) is 0 Å². The maximum atomic E-state index is 13.5. The number of halogens is 3. The van der Waals surface area contributed by atoms with Crippen molar-refractivity contribution in [1.82, 2.24) is 0 Å². The number of esters is 1. The Balaban J connectivity index is 1.68. The number of ketones is 1. The van der Waals surface area contributed by atoms with Gasteiger partial charge in [-0.25, -0.2) is 9.18 Å². The van der Waals surface area contributed by atoms with Crippen molar-refractivity contribution in [2.24, 2.45) is 0 Å². The number of hydrogen-bond acceptors (Lipinski definition) is 5. The van der Waals surface area contributed by atoms with Gasteiger partial charge in [-0.05, 0) is 30.3 Å². The monoisotopic (exact) mass is 384 g/mol. The predicted octanol–water partition coefficient (Wildman–Crippen LogP) is 3.94. The van der Waals surface area contributed by atoms with Crippen molar-refractivity contribution >= 4 is 35.0 Å². The molecule has 0 aliphatic carbocycles. The average Bonchev–Trinajstić information content (AvgIpc) is 2.62. The van der Waals surface area contributed by atoms with Gasteiger partial charge in [-0.1, -0.05) is 23.2 Å². The molecule has 1 aliphatic heterocycles. The molecule has 3 rings (SSSR count). The molecule has 0 atom stereocenters. The minimum atomic E-state index is -0.925. The summed E-state index contributed by atoms with van der Waals surface area (Å²) in [6.07, 6.45) is 0. The smallest absolute Gasteiger partial charge is 0.340 e. The lowest BCUT2D eigenvalue weighted by Gasteiger charge is -2.18. The molecule has 5 nitrogen and oxygen atoms in total. The van der Waals surface area contributed by atoms with Crippen molar-refractivity contribution in [2.45, 2.75) is 0 Å². The highest BCUT2D eigenvalue weighted by Crippen LogP contribution is 2.31. The van der Waals surface area contributed by atoms with E-state index in [0.29, 0.717) is 30.3 Å². The molecule has 0 bridgehead atoms. The number of ether oxygens (including phenoxy) is 3. The Kier molecular flexibility index (Phi) is 5.11. The fourth-order valence-electron chi connectivity index (χ4n) is 2.19. The summed E-state index contributed by atoms with van der Waals surface area (Å²) in [5.74, 6) is -1.19. The Hall–Kier alpha value is -2.31. The van der Waals surface area contributed by atoms with E-state index in [1.165, 1.54) is 6.07 Å². The van der Waals surface area contributed by atoms with Crippen molar-refractivity contribution in [3.05, 3.63) is 57.3 Å². The molecule has 0 N–H and O–H groups in total. The zero-order valence-electron chi connectivity index (χ0n) is 12.7. The SMILES string of the molecule is O=C(COC(=O)c1cc(F)c(Cl)cc1Cl)c1ccc2c(c1)OCCO2. The molecule has 2 aromatic rings. The molecular weight excluding hydrogens is 374 g/mol. The molecule has 1 heterocycles. The van der Waals surface area contributed by atoms with Crippen LogP contribution < -0.4 is 9.47 Å². The lowest BCUT2D eigenvalue weighted by atomic mass is 10.1. The van der Waals surface area contributed by atoms with Crippen molar-refractivity contribution in [1.29, 1.82) is 0 Å². The molecule has 0 aromatic heterocycles. The third kappa shape index (κ3) is 3.86. The first-order chi connectivity index (χ1) is 12.0. The van der Waals surface area contributed by atoms with E-state index in [4.69, 9.17) is 37.4 Å². The van der Waals surface area contributed by atoms with E-state index in [9.17, 15) is 14.0 Å².